The summed E-state index contributed by atoms with van der Waals surface area (Å²) in [6.45, 7) is 13.3. The average molecular weight is 422 g/mol. The van der Waals surface area contributed by atoms with Crippen LogP contribution in [0.3, 0.4) is 0 Å². The number of hydrogen-bond acceptors (Lipinski definition) is 3. The Morgan fingerprint density at radius 1 is 0.968 bits per heavy atom. The SMILES string of the molecule is CCc1ccc(C(=O)N[C@H](C(=O)N2CCN(c3cccc(C)c3C)CC2)C(C)C)cc1. The van der Waals surface area contributed by atoms with E-state index < -0.39 is 6.04 Å². The molecule has 2 aromatic rings. The van der Waals surface area contributed by atoms with Crippen molar-refractivity contribution in [2.45, 2.75) is 47.1 Å². The molecule has 0 radical (unpaired) electrons. The molecule has 1 heterocycles. The van der Waals surface area contributed by atoms with Crippen molar-refractivity contribution in [1.29, 1.82) is 0 Å². The van der Waals surface area contributed by atoms with E-state index in [1.165, 1.54) is 22.4 Å². The lowest BCUT2D eigenvalue weighted by Crippen LogP contribution is -2.56. The van der Waals surface area contributed by atoms with Crippen molar-refractivity contribution in [3.05, 3.63) is 64.7 Å². The summed E-state index contributed by atoms with van der Waals surface area (Å²) in [5.41, 5.74) is 5.61. The third kappa shape index (κ3) is 5.27. The van der Waals surface area contributed by atoms with E-state index in [2.05, 4.69) is 49.2 Å². The minimum atomic E-state index is -0.523. The number of carbonyl (C=O) groups is 2. The highest BCUT2D eigenvalue weighted by atomic mass is 16.2. The first-order valence-electron chi connectivity index (χ1n) is 11.3. The van der Waals surface area contributed by atoms with E-state index in [-0.39, 0.29) is 17.7 Å². The summed E-state index contributed by atoms with van der Waals surface area (Å²) in [6.07, 6.45) is 0.934. The summed E-state index contributed by atoms with van der Waals surface area (Å²) in [7, 11) is 0. The molecule has 0 saturated carbocycles. The van der Waals surface area contributed by atoms with Gasteiger partial charge in [0, 0.05) is 37.4 Å². The number of nitrogens with zero attached hydrogens (tertiary/aromatic N) is 2. The van der Waals surface area contributed by atoms with Gasteiger partial charge in [0.2, 0.25) is 5.91 Å². The van der Waals surface area contributed by atoms with Crippen LogP contribution in [0.1, 0.15) is 47.8 Å². The van der Waals surface area contributed by atoms with Gasteiger partial charge in [-0.3, -0.25) is 9.59 Å². The number of nitrogens with one attached hydrogen (secondary N) is 1. The molecule has 0 aliphatic carbocycles. The first-order chi connectivity index (χ1) is 14.8. The van der Waals surface area contributed by atoms with Crippen molar-refractivity contribution >= 4 is 17.5 Å². The van der Waals surface area contributed by atoms with E-state index in [0.717, 1.165) is 19.5 Å². The van der Waals surface area contributed by atoms with Crippen LogP contribution in [0.2, 0.25) is 0 Å². The van der Waals surface area contributed by atoms with Crippen molar-refractivity contribution in [2.24, 2.45) is 5.92 Å². The second-order valence-corrected chi connectivity index (χ2v) is 8.78. The summed E-state index contributed by atoms with van der Waals surface area (Å²) < 4.78 is 0. The van der Waals surface area contributed by atoms with Gasteiger partial charge in [-0.1, -0.05) is 45.0 Å². The first kappa shape index (κ1) is 22.9. The number of rotatable bonds is 6. The molecule has 31 heavy (non-hydrogen) atoms. The van der Waals surface area contributed by atoms with Gasteiger partial charge in [-0.25, -0.2) is 0 Å². The quantitative estimate of drug-likeness (QED) is 0.768. The predicted molar refractivity (Wildman–Crippen MR) is 127 cm³/mol. The highest BCUT2D eigenvalue weighted by Gasteiger charge is 2.31. The van der Waals surface area contributed by atoms with Crippen molar-refractivity contribution in [3.8, 4) is 0 Å². The van der Waals surface area contributed by atoms with Crippen LogP contribution in [0.25, 0.3) is 0 Å². The normalized spacial score (nSPS) is 15.2. The molecule has 1 aliphatic rings. The molecule has 5 nitrogen and oxygen atoms in total. The molecular weight excluding hydrogens is 386 g/mol. The lowest BCUT2D eigenvalue weighted by molar-refractivity contribution is -0.134. The molecule has 1 atom stereocenters. The molecule has 0 unspecified atom stereocenters. The summed E-state index contributed by atoms with van der Waals surface area (Å²) in [5, 5.41) is 2.98. The lowest BCUT2D eigenvalue weighted by Gasteiger charge is -2.39. The van der Waals surface area contributed by atoms with Gasteiger partial charge in [-0.05, 0) is 61.1 Å². The van der Waals surface area contributed by atoms with Gasteiger partial charge in [0.05, 0.1) is 0 Å². The smallest absolute Gasteiger partial charge is 0.251 e. The molecule has 0 aromatic heterocycles. The van der Waals surface area contributed by atoms with Crippen LogP contribution in [-0.2, 0) is 11.2 Å². The minimum Gasteiger partial charge on any atom is -0.368 e. The van der Waals surface area contributed by atoms with Crippen LogP contribution in [0, 0.1) is 19.8 Å². The Hall–Kier alpha value is -2.82. The van der Waals surface area contributed by atoms with E-state index in [0.29, 0.717) is 18.7 Å². The van der Waals surface area contributed by atoms with Crippen LogP contribution < -0.4 is 10.2 Å². The van der Waals surface area contributed by atoms with Crippen LogP contribution in [0.15, 0.2) is 42.5 Å². The Kier molecular flexibility index (Phi) is 7.37. The number of aryl methyl sites for hydroxylation is 2. The zero-order chi connectivity index (χ0) is 22.5. The van der Waals surface area contributed by atoms with Gasteiger partial charge in [-0.2, -0.15) is 0 Å². The summed E-state index contributed by atoms with van der Waals surface area (Å²) in [5.74, 6) is -0.165. The fraction of sp³-hybridized carbons (Fsp3) is 0.462. The van der Waals surface area contributed by atoms with E-state index in [4.69, 9.17) is 0 Å². The topological polar surface area (TPSA) is 52.7 Å². The largest absolute Gasteiger partial charge is 0.368 e. The molecule has 1 N–H and O–H groups in total. The highest BCUT2D eigenvalue weighted by molar-refractivity contribution is 5.97. The minimum absolute atomic E-state index is 0.00847. The fourth-order valence-corrected chi connectivity index (χ4v) is 4.07. The Bertz CT molecular complexity index is 913. The van der Waals surface area contributed by atoms with Gasteiger partial charge in [0.25, 0.3) is 5.91 Å². The van der Waals surface area contributed by atoms with Gasteiger partial charge >= 0.3 is 0 Å². The Morgan fingerprint density at radius 2 is 1.61 bits per heavy atom. The maximum absolute atomic E-state index is 13.3. The molecule has 0 spiro atoms. The van der Waals surface area contributed by atoms with Crippen LogP contribution in [0.4, 0.5) is 5.69 Å². The maximum atomic E-state index is 13.3. The molecule has 5 heteroatoms. The van der Waals surface area contributed by atoms with Crippen molar-refractivity contribution in [2.75, 3.05) is 31.1 Å². The number of anilines is 1. The zero-order valence-electron chi connectivity index (χ0n) is 19.4. The second-order valence-electron chi connectivity index (χ2n) is 8.78. The average Bonchev–Trinajstić information content (AvgIpc) is 2.78. The molecule has 1 saturated heterocycles. The van der Waals surface area contributed by atoms with Gasteiger partial charge < -0.3 is 15.1 Å². The zero-order valence-corrected chi connectivity index (χ0v) is 19.4. The standard InChI is InChI=1S/C26H35N3O2/c1-6-21-10-12-22(13-11-21)25(30)27-24(18(2)3)26(31)29-16-14-28(15-17-29)23-9-7-8-19(4)20(23)5/h7-13,18,24H,6,14-17H2,1-5H3,(H,27,30)/t24-/m0/s1. The highest BCUT2D eigenvalue weighted by Crippen LogP contribution is 2.24. The molecule has 166 valence electrons. The maximum Gasteiger partial charge on any atom is 0.251 e. The molecule has 0 bridgehead atoms. The number of amides is 2. The lowest BCUT2D eigenvalue weighted by atomic mass is 10.0. The van der Waals surface area contributed by atoms with Crippen molar-refractivity contribution < 1.29 is 9.59 Å². The number of carbonyl (C=O) groups excluding carboxylic acids is 2. The molecular formula is C26H35N3O2. The number of piperazine rings is 1. The first-order valence-corrected chi connectivity index (χ1v) is 11.3. The van der Waals surface area contributed by atoms with Crippen molar-refractivity contribution in [3.63, 3.8) is 0 Å². The summed E-state index contributed by atoms with van der Waals surface area (Å²) in [6, 6.07) is 13.4. The molecule has 2 aromatic carbocycles. The Morgan fingerprint density at radius 3 is 2.19 bits per heavy atom. The summed E-state index contributed by atoms with van der Waals surface area (Å²) in [4.78, 5) is 30.3. The molecule has 1 aliphatic heterocycles. The van der Waals surface area contributed by atoms with Crippen LogP contribution in [-0.4, -0.2) is 48.9 Å². The Balaban J connectivity index is 1.64. The van der Waals surface area contributed by atoms with Gasteiger partial charge in [0.1, 0.15) is 6.04 Å². The molecule has 1 fully saturated rings. The van der Waals surface area contributed by atoms with E-state index in [1.54, 1.807) is 0 Å². The third-order valence-corrected chi connectivity index (χ3v) is 6.35. The number of hydrogen-bond donors (Lipinski definition) is 1. The van der Waals surface area contributed by atoms with Crippen LogP contribution >= 0.6 is 0 Å². The Labute approximate surface area is 186 Å². The van der Waals surface area contributed by atoms with Gasteiger partial charge in [0.15, 0.2) is 0 Å². The second kappa shape index (κ2) is 9.99. The molecule has 3 rings (SSSR count). The van der Waals surface area contributed by atoms with E-state index in [1.807, 2.05) is 43.0 Å². The van der Waals surface area contributed by atoms with E-state index in [9.17, 15) is 9.59 Å². The molecule has 2 amide bonds. The van der Waals surface area contributed by atoms with E-state index >= 15 is 0 Å². The monoisotopic (exact) mass is 421 g/mol. The fourth-order valence-electron chi connectivity index (χ4n) is 4.07. The van der Waals surface area contributed by atoms with Crippen LogP contribution in [0.5, 0.6) is 0 Å². The summed E-state index contributed by atoms with van der Waals surface area (Å²) >= 11 is 0. The third-order valence-electron chi connectivity index (χ3n) is 6.35. The number of benzene rings is 2. The predicted octanol–water partition coefficient (Wildman–Crippen LogP) is 3.97. The van der Waals surface area contributed by atoms with Gasteiger partial charge in [-0.15, -0.1) is 0 Å². The van der Waals surface area contributed by atoms with Crippen molar-refractivity contribution in [1.82, 2.24) is 10.2 Å².